The molecule has 1 aliphatic rings. The summed E-state index contributed by atoms with van der Waals surface area (Å²) in [6, 6.07) is 9.22. The number of ether oxygens (including phenoxy) is 1. The Morgan fingerprint density at radius 2 is 2.13 bits per heavy atom. The van der Waals surface area contributed by atoms with E-state index in [1.807, 2.05) is 31.2 Å². The normalized spacial score (nSPS) is 20.8. The molecule has 5 heteroatoms. The average Bonchev–Trinajstić information content (AvgIpc) is 3.09. The Morgan fingerprint density at radius 1 is 1.35 bits per heavy atom. The summed E-state index contributed by atoms with van der Waals surface area (Å²) in [4.78, 5) is 14.6. The highest BCUT2D eigenvalue weighted by Gasteiger charge is 2.36. The van der Waals surface area contributed by atoms with Crippen molar-refractivity contribution in [2.45, 2.75) is 32.4 Å². The molecule has 3 rings (SSSR count). The van der Waals surface area contributed by atoms with E-state index in [4.69, 9.17) is 9.15 Å². The molecule has 2 aromatic rings. The number of likely N-dealkylation sites (tertiary alicyclic amines) is 1. The van der Waals surface area contributed by atoms with Gasteiger partial charge in [0.1, 0.15) is 17.3 Å². The van der Waals surface area contributed by atoms with Crippen molar-refractivity contribution < 1.29 is 19.1 Å². The molecule has 2 heterocycles. The average molecular weight is 315 g/mol. The Kier molecular flexibility index (Phi) is 4.13. The minimum Gasteiger partial charge on any atom is -0.497 e. The van der Waals surface area contributed by atoms with E-state index < -0.39 is 6.10 Å². The van der Waals surface area contributed by atoms with Crippen LogP contribution in [0, 0.1) is 13.8 Å². The fraction of sp³-hybridized carbons (Fsp3) is 0.389. The maximum atomic E-state index is 12.9. The molecule has 0 bridgehead atoms. The topological polar surface area (TPSA) is 62.9 Å². The zero-order valence-electron chi connectivity index (χ0n) is 13.6. The van der Waals surface area contributed by atoms with Gasteiger partial charge in [-0.1, -0.05) is 12.1 Å². The van der Waals surface area contributed by atoms with Crippen LogP contribution in [0.25, 0.3) is 0 Å². The number of aryl methyl sites for hydroxylation is 2. The van der Waals surface area contributed by atoms with E-state index in [1.165, 1.54) is 0 Å². The van der Waals surface area contributed by atoms with Gasteiger partial charge >= 0.3 is 0 Å². The van der Waals surface area contributed by atoms with Gasteiger partial charge in [0.2, 0.25) is 0 Å². The third-order valence-corrected chi connectivity index (χ3v) is 4.29. The van der Waals surface area contributed by atoms with Gasteiger partial charge in [-0.25, -0.2) is 0 Å². The number of carbonyl (C=O) groups excluding carboxylic acids is 1. The van der Waals surface area contributed by atoms with Gasteiger partial charge in [0.25, 0.3) is 5.91 Å². The van der Waals surface area contributed by atoms with E-state index in [1.54, 1.807) is 25.0 Å². The van der Waals surface area contributed by atoms with Crippen molar-refractivity contribution in [1.82, 2.24) is 4.90 Å². The standard InChI is InChI=1S/C18H21NO4/c1-11-7-16(12(2)23-11)18(21)19-10-14(20)9-17(19)13-5-4-6-15(8-13)22-3/h4-8,14,17,20H,9-10H2,1-3H3. The zero-order chi connectivity index (χ0) is 16.6. The molecule has 1 aromatic carbocycles. The van der Waals surface area contributed by atoms with Crippen molar-refractivity contribution in [3.05, 3.63) is 53.0 Å². The number of carbonyl (C=O) groups is 1. The highest BCUT2D eigenvalue weighted by molar-refractivity contribution is 5.95. The Balaban J connectivity index is 1.93. The van der Waals surface area contributed by atoms with E-state index in [2.05, 4.69) is 0 Å². The van der Waals surface area contributed by atoms with Gasteiger partial charge in [0, 0.05) is 6.54 Å². The predicted octanol–water partition coefficient (Wildman–Crippen LogP) is 2.85. The van der Waals surface area contributed by atoms with Crippen molar-refractivity contribution >= 4 is 5.91 Å². The maximum absolute atomic E-state index is 12.9. The second-order valence-corrected chi connectivity index (χ2v) is 5.97. The summed E-state index contributed by atoms with van der Waals surface area (Å²) < 4.78 is 10.7. The summed E-state index contributed by atoms with van der Waals surface area (Å²) in [5.74, 6) is 1.96. The van der Waals surface area contributed by atoms with E-state index in [-0.39, 0.29) is 11.9 Å². The molecule has 0 saturated carbocycles. The highest BCUT2D eigenvalue weighted by Crippen LogP contribution is 2.35. The number of amides is 1. The number of rotatable bonds is 3. The monoisotopic (exact) mass is 315 g/mol. The molecular formula is C18H21NO4. The molecule has 0 spiro atoms. The van der Waals surface area contributed by atoms with Crippen LogP contribution >= 0.6 is 0 Å². The first-order valence-corrected chi connectivity index (χ1v) is 7.69. The van der Waals surface area contributed by atoms with E-state index in [0.717, 1.165) is 11.3 Å². The number of hydrogen-bond donors (Lipinski definition) is 1. The number of methoxy groups -OCH3 is 1. The fourth-order valence-corrected chi connectivity index (χ4v) is 3.20. The van der Waals surface area contributed by atoms with Gasteiger partial charge in [-0.3, -0.25) is 4.79 Å². The fourth-order valence-electron chi connectivity index (χ4n) is 3.20. The minimum absolute atomic E-state index is 0.108. The van der Waals surface area contributed by atoms with Crippen LogP contribution < -0.4 is 4.74 Å². The summed E-state index contributed by atoms with van der Waals surface area (Å²) in [5.41, 5.74) is 1.52. The maximum Gasteiger partial charge on any atom is 0.258 e. The summed E-state index contributed by atoms with van der Waals surface area (Å²) >= 11 is 0. The molecule has 1 amide bonds. The van der Waals surface area contributed by atoms with Crippen LogP contribution in [0.3, 0.4) is 0 Å². The van der Waals surface area contributed by atoms with Crippen molar-refractivity contribution in [1.29, 1.82) is 0 Å². The Morgan fingerprint density at radius 3 is 2.78 bits per heavy atom. The Hall–Kier alpha value is -2.27. The van der Waals surface area contributed by atoms with Gasteiger partial charge in [0.05, 0.1) is 24.8 Å². The van der Waals surface area contributed by atoms with Gasteiger partial charge in [-0.2, -0.15) is 0 Å². The lowest BCUT2D eigenvalue weighted by molar-refractivity contribution is 0.0714. The number of aliphatic hydroxyl groups excluding tert-OH is 1. The molecule has 1 N–H and O–H groups in total. The van der Waals surface area contributed by atoms with Crippen molar-refractivity contribution in [3.63, 3.8) is 0 Å². The molecule has 1 saturated heterocycles. The summed E-state index contributed by atoms with van der Waals surface area (Å²) in [5, 5.41) is 10.1. The molecule has 2 atom stereocenters. The van der Waals surface area contributed by atoms with Gasteiger partial charge in [0.15, 0.2) is 0 Å². The van der Waals surface area contributed by atoms with Gasteiger partial charge in [-0.15, -0.1) is 0 Å². The molecule has 2 unspecified atom stereocenters. The van der Waals surface area contributed by atoms with E-state index in [9.17, 15) is 9.90 Å². The molecule has 1 aromatic heterocycles. The minimum atomic E-state index is -0.525. The van der Waals surface area contributed by atoms with Crippen LogP contribution in [0.4, 0.5) is 0 Å². The lowest BCUT2D eigenvalue weighted by Gasteiger charge is -2.25. The molecule has 1 fully saturated rings. The lowest BCUT2D eigenvalue weighted by atomic mass is 10.0. The van der Waals surface area contributed by atoms with Crippen LogP contribution in [-0.2, 0) is 0 Å². The summed E-state index contributed by atoms with van der Waals surface area (Å²) in [7, 11) is 1.61. The van der Waals surface area contributed by atoms with Gasteiger partial charge < -0.3 is 19.2 Å². The second-order valence-electron chi connectivity index (χ2n) is 5.97. The van der Waals surface area contributed by atoms with Crippen LogP contribution in [0.1, 0.15) is 39.9 Å². The first-order chi connectivity index (χ1) is 11.0. The molecule has 122 valence electrons. The summed E-state index contributed by atoms with van der Waals surface area (Å²) in [6.45, 7) is 3.93. The number of aliphatic hydroxyl groups is 1. The number of furan rings is 1. The van der Waals surface area contributed by atoms with Crippen LogP contribution in [-0.4, -0.2) is 35.7 Å². The first kappa shape index (κ1) is 15.6. The molecule has 0 aliphatic carbocycles. The molecule has 1 aliphatic heterocycles. The van der Waals surface area contributed by atoms with Crippen molar-refractivity contribution in [2.75, 3.05) is 13.7 Å². The molecule has 23 heavy (non-hydrogen) atoms. The first-order valence-electron chi connectivity index (χ1n) is 7.69. The van der Waals surface area contributed by atoms with E-state index in [0.29, 0.717) is 30.0 Å². The Bertz CT molecular complexity index is 722. The van der Waals surface area contributed by atoms with Crippen molar-refractivity contribution in [2.24, 2.45) is 0 Å². The molecular weight excluding hydrogens is 294 g/mol. The molecule has 0 radical (unpaired) electrons. The number of β-amino-alcohol motifs (C(OH)–C–C–N with tert-alkyl or cyclic N) is 1. The van der Waals surface area contributed by atoms with Crippen LogP contribution in [0.2, 0.25) is 0 Å². The molecule has 5 nitrogen and oxygen atoms in total. The predicted molar refractivity (Wildman–Crippen MR) is 85.6 cm³/mol. The zero-order valence-corrected chi connectivity index (χ0v) is 13.6. The third kappa shape index (κ3) is 2.97. The number of nitrogens with zero attached hydrogens (tertiary/aromatic N) is 1. The SMILES string of the molecule is COc1cccc(C2CC(O)CN2C(=O)c2cc(C)oc2C)c1. The van der Waals surface area contributed by atoms with Crippen LogP contribution in [0.15, 0.2) is 34.7 Å². The quantitative estimate of drug-likeness (QED) is 0.946. The van der Waals surface area contributed by atoms with Crippen molar-refractivity contribution in [3.8, 4) is 5.75 Å². The Labute approximate surface area is 135 Å². The third-order valence-electron chi connectivity index (χ3n) is 4.29. The largest absolute Gasteiger partial charge is 0.497 e. The second kappa shape index (κ2) is 6.08. The lowest BCUT2D eigenvalue weighted by Crippen LogP contribution is -2.32. The smallest absolute Gasteiger partial charge is 0.258 e. The summed E-state index contributed by atoms with van der Waals surface area (Å²) in [6.07, 6.45) is -0.00197. The number of hydrogen-bond acceptors (Lipinski definition) is 4. The van der Waals surface area contributed by atoms with Gasteiger partial charge in [-0.05, 0) is 44.0 Å². The van der Waals surface area contributed by atoms with Crippen LogP contribution in [0.5, 0.6) is 5.75 Å². The van der Waals surface area contributed by atoms with E-state index >= 15 is 0 Å². The highest BCUT2D eigenvalue weighted by atomic mass is 16.5. The number of benzene rings is 1.